The van der Waals surface area contributed by atoms with E-state index in [9.17, 15) is 8.78 Å². The van der Waals surface area contributed by atoms with Gasteiger partial charge in [0.1, 0.15) is 11.0 Å². The van der Waals surface area contributed by atoms with Crippen LogP contribution < -0.4 is 5.73 Å². The summed E-state index contributed by atoms with van der Waals surface area (Å²) in [5.74, 6) is 0.0321. The first kappa shape index (κ1) is 10.7. The van der Waals surface area contributed by atoms with E-state index in [-0.39, 0.29) is 23.0 Å². The predicted octanol–water partition coefficient (Wildman–Crippen LogP) is 2.32. The SMILES string of the molecule is N#CCc1cc(N)nc(Cl)c1C(F)F. The van der Waals surface area contributed by atoms with Crippen molar-refractivity contribution >= 4 is 17.4 Å². The van der Waals surface area contributed by atoms with Crippen LogP contribution in [0, 0.1) is 11.3 Å². The summed E-state index contributed by atoms with van der Waals surface area (Å²) in [6, 6.07) is 2.99. The molecule has 14 heavy (non-hydrogen) atoms. The number of hydrogen-bond donors (Lipinski definition) is 1. The van der Waals surface area contributed by atoms with Gasteiger partial charge in [0, 0.05) is 0 Å². The molecule has 6 heteroatoms. The van der Waals surface area contributed by atoms with E-state index >= 15 is 0 Å². The lowest BCUT2D eigenvalue weighted by molar-refractivity contribution is 0.150. The Balaban J connectivity index is 3.30. The first-order chi connectivity index (χ1) is 6.56. The number of anilines is 1. The van der Waals surface area contributed by atoms with Gasteiger partial charge < -0.3 is 5.73 Å². The molecule has 0 amide bonds. The Labute approximate surface area is 84.1 Å². The van der Waals surface area contributed by atoms with E-state index in [1.165, 1.54) is 6.07 Å². The highest BCUT2D eigenvalue weighted by molar-refractivity contribution is 6.30. The molecule has 0 saturated heterocycles. The second-order valence-electron chi connectivity index (χ2n) is 2.55. The smallest absolute Gasteiger partial charge is 0.267 e. The van der Waals surface area contributed by atoms with Gasteiger partial charge in [0.2, 0.25) is 0 Å². The lowest BCUT2D eigenvalue weighted by Crippen LogP contribution is -2.01. The van der Waals surface area contributed by atoms with Crippen LogP contribution in [0.2, 0.25) is 5.15 Å². The number of nitrogens with two attached hydrogens (primary N) is 1. The number of halogens is 3. The Morgan fingerprint density at radius 1 is 1.64 bits per heavy atom. The number of rotatable bonds is 2. The van der Waals surface area contributed by atoms with E-state index in [2.05, 4.69) is 4.98 Å². The molecule has 0 bridgehead atoms. The van der Waals surface area contributed by atoms with Crippen molar-refractivity contribution < 1.29 is 8.78 Å². The van der Waals surface area contributed by atoms with E-state index < -0.39 is 12.0 Å². The van der Waals surface area contributed by atoms with Gasteiger partial charge in [0.05, 0.1) is 18.1 Å². The molecular weight excluding hydrogens is 212 g/mol. The van der Waals surface area contributed by atoms with Crippen LogP contribution in [0.15, 0.2) is 6.07 Å². The molecule has 0 aliphatic carbocycles. The van der Waals surface area contributed by atoms with Crippen LogP contribution in [0.4, 0.5) is 14.6 Å². The lowest BCUT2D eigenvalue weighted by atomic mass is 10.1. The average molecular weight is 218 g/mol. The number of aromatic nitrogens is 1. The number of nitriles is 1. The maximum Gasteiger partial charge on any atom is 0.267 e. The average Bonchev–Trinajstić information content (AvgIpc) is 2.01. The van der Waals surface area contributed by atoms with E-state index in [0.717, 1.165) is 0 Å². The fourth-order valence-electron chi connectivity index (χ4n) is 1.06. The Morgan fingerprint density at radius 3 is 2.79 bits per heavy atom. The molecule has 3 nitrogen and oxygen atoms in total. The van der Waals surface area contributed by atoms with Crippen molar-refractivity contribution in [3.05, 3.63) is 22.3 Å². The van der Waals surface area contributed by atoms with Crippen molar-refractivity contribution in [3.63, 3.8) is 0 Å². The van der Waals surface area contributed by atoms with Crippen molar-refractivity contribution in [1.29, 1.82) is 5.26 Å². The van der Waals surface area contributed by atoms with E-state index in [4.69, 9.17) is 22.6 Å². The molecule has 0 radical (unpaired) electrons. The molecule has 0 atom stereocenters. The zero-order valence-corrected chi connectivity index (χ0v) is 7.72. The van der Waals surface area contributed by atoms with Crippen LogP contribution in [-0.2, 0) is 6.42 Å². The maximum absolute atomic E-state index is 12.5. The molecule has 0 aliphatic rings. The second kappa shape index (κ2) is 4.20. The first-order valence-corrected chi connectivity index (χ1v) is 4.04. The Morgan fingerprint density at radius 2 is 2.29 bits per heavy atom. The molecule has 0 unspecified atom stereocenters. The van der Waals surface area contributed by atoms with Gasteiger partial charge in [-0.3, -0.25) is 0 Å². The normalized spacial score (nSPS) is 10.2. The van der Waals surface area contributed by atoms with Gasteiger partial charge in [0.15, 0.2) is 0 Å². The van der Waals surface area contributed by atoms with Crippen LogP contribution >= 0.6 is 11.6 Å². The van der Waals surface area contributed by atoms with Crippen LogP contribution in [0.25, 0.3) is 0 Å². The third kappa shape index (κ3) is 2.09. The molecule has 0 aliphatic heterocycles. The first-order valence-electron chi connectivity index (χ1n) is 3.66. The van der Waals surface area contributed by atoms with Gasteiger partial charge in [-0.1, -0.05) is 11.6 Å². The van der Waals surface area contributed by atoms with Crippen LogP contribution in [0.5, 0.6) is 0 Å². The minimum Gasteiger partial charge on any atom is -0.384 e. The predicted molar refractivity (Wildman–Crippen MR) is 47.9 cm³/mol. The molecule has 1 rings (SSSR count). The topological polar surface area (TPSA) is 62.7 Å². The molecule has 0 aromatic carbocycles. The van der Waals surface area contributed by atoms with E-state index in [1.807, 2.05) is 0 Å². The zero-order valence-electron chi connectivity index (χ0n) is 6.97. The van der Waals surface area contributed by atoms with Gasteiger partial charge in [-0.15, -0.1) is 0 Å². The van der Waals surface area contributed by atoms with Gasteiger partial charge in [-0.25, -0.2) is 13.8 Å². The van der Waals surface area contributed by atoms with Crippen molar-refractivity contribution in [2.75, 3.05) is 5.73 Å². The minimum atomic E-state index is -2.75. The third-order valence-electron chi connectivity index (χ3n) is 1.61. The summed E-state index contributed by atoms with van der Waals surface area (Å²) in [6.07, 6.45) is -2.91. The standard InChI is InChI=1S/C8H6ClF2N3/c9-7-6(8(10)11)4(1-2-12)3-5(13)14-7/h3,8H,1H2,(H2,13,14). The molecule has 1 aromatic rings. The Kier molecular flexibility index (Phi) is 3.20. The summed E-state index contributed by atoms with van der Waals surface area (Å²) in [6.45, 7) is 0. The van der Waals surface area contributed by atoms with Gasteiger partial charge >= 0.3 is 0 Å². The molecule has 0 fully saturated rings. The summed E-state index contributed by atoms with van der Waals surface area (Å²) in [5, 5.41) is 8.07. The molecule has 0 spiro atoms. The maximum atomic E-state index is 12.5. The van der Waals surface area contributed by atoms with E-state index in [0.29, 0.717) is 0 Å². The third-order valence-corrected chi connectivity index (χ3v) is 1.89. The monoisotopic (exact) mass is 217 g/mol. The number of hydrogen-bond acceptors (Lipinski definition) is 3. The molecule has 74 valence electrons. The van der Waals surface area contributed by atoms with Crippen LogP contribution in [-0.4, -0.2) is 4.98 Å². The summed E-state index contributed by atoms with van der Waals surface area (Å²) < 4.78 is 24.9. The quantitative estimate of drug-likeness (QED) is 0.774. The van der Waals surface area contributed by atoms with Gasteiger partial charge in [0.25, 0.3) is 6.43 Å². The number of pyridine rings is 1. The lowest BCUT2D eigenvalue weighted by Gasteiger charge is -2.08. The Hall–Kier alpha value is -1.41. The number of alkyl halides is 2. The molecule has 2 N–H and O–H groups in total. The minimum absolute atomic E-state index is 0.0321. The second-order valence-corrected chi connectivity index (χ2v) is 2.90. The van der Waals surface area contributed by atoms with Crippen molar-refractivity contribution in [1.82, 2.24) is 4.98 Å². The summed E-state index contributed by atoms with van der Waals surface area (Å²) in [4.78, 5) is 3.49. The largest absolute Gasteiger partial charge is 0.384 e. The molecule has 1 heterocycles. The Bertz CT molecular complexity index is 387. The van der Waals surface area contributed by atoms with Crippen LogP contribution in [0.3, 0.4) is 0 Å². The van der Waals surface area contributed by atoms with Crippen molar-refractivity contribution in [2.24, 2.45) is 0 Å². The fraction of sp³-hybridized carbons (Fsp3) is 0.250. The van der Waals surface area contributed by atoms with Gasteiger partial charge in [-0.2, -0.15) is 5.26 Å². The number of nitrogens with zero attached hydrogens (tertiary/aromatic N) is 2. The highest BCUT2D eigenvalue weighted by Gasteiger charge is 2.18. The van der Waals surface area contributed by atoms with Crippen molar-refractivity contribution in [2.45, 2.75) is 12.8 Å². The fourth-order valence-corrected chi connectivity index (χ4v) is 1.36. The molecule has 1 aromatic heterocycles. The molecule has 0 saturated carbocycles. The highest BCUT2D eigenvalue weighted by atomic mass is 35.5. The van der Waals surface area contributed by atoms with Crippen LogP contribution in [0.1, 0.15) is 17.6 Å². The highest BCUT2D eigenvalue weighted by Crippen LogP contribution is 2.30. The molecular formula is C8H6ClF2N3. The van der Waals surface area contributed by atoms with Crippen molar-refractivity contribution in [3.8, 4) is 6.07 Å². The summed E-state index contributed by atoms with van der Waals surface area (Å²) in [5.41, 5.74) is 5.02. The summed E-state index contributed by atoms with van der Waals surface area (Å²) >= 11 is 5.48. The van der Waals surface area contributed by atoms with Gasteiger partial charge in [-0.05, 0) is 11.6 Å². The van der Waals surface area contributed by atoms with E-state index in [1.54, 1.807) is 6.07 Å². The number of nitrogen functional groups attached to an aromatic ring is 1. The summed E-state index contributed by atoms with van der Waals surface area (Å²) in [7, 11) is 0. The zero-order chi connectivity index (χ0) is 10.7.